The van der Waals surface area contributed by atoms with Crippen LogP contribution in [0.3, 0.4) is 0 Å². The lowest BCUT2D eigenvalue weighted by atomic mass is 10.1. The van der Waals surface area contributed by atoms with Crippen molar-refractivity contribution in [2.75, 3.05) is 24.4 Å². The molecule has 0 aliphatic rings. The molecule has 0 aliphatic heterocycles. The van der Waals surface area contributed by atoms with E-state index >= 15 is 0 Å². The average Bonchev–Trinajstić information content (AvgIpc) is 2.70. The fraction of sp³-hybridized carbons (Fsp3) is 0.440. The summed E-state index contributed by atoms with van der Waals surface area (Å²) in [6.45, 7) is 10.3. The lowest BCUT2D eigenvalue weighted by molar-refractivity contribution is -0.124. The number of carbonyl (C=O) groups is 2. The van der Waals surface area contributed by atoms with Crippen LogP contribution in [0.1, 0.15) is 46.6 Å². The van der Waals surface area contributed by atoms with Crippen molar-refractivity contribution in [1.29, 1.82) is 0 Å². The van der Waals surface area contributed by atoms with Crippen molar-refractivity contribution in [2.45, 2.75) is 53.1 Å². The Morgan fingerprint density at radius 1 is 0.938 bits per heavy atom. The second kappa shape index (κ2) is 11.4. The predicted octanol–water partition coefficient (Wildman–Crippen LogP) is 4.59. The summed E-state index contributed by atoms with van der Waals surface area (Å²) in [4.78, 5) is 23.9. The van der Waals surface area contributed by atoms with Crippen LogP contribution in [0, 0.1) is 5.92 Å². The van der Waals surface area contributed by atoms with Crippen LogP contribution < -0.4 is 25.4 Å². The quantitative estimate of drug-likeness (QED) is 0.502. The molecule has 2 amide bonds. The van der Waals surface area contributed by atoms with E-state index in [1.807, 2.05) is 71.0 Å². The molecule has 7 heteroatoms. The van der Waals surface area contributed by atoms with Gasteiger partial charge in [-0.05, 0) is 68.7 Å². The SMILES string of the molecule is COc1cc(CNc2ccc(NC(=O)CC(C)C)cc2)ccc1OCC(=O)NC(C)(C)C. The highest BCUT2D eigenvalue weighted by atomic mass is 16.5. The van der Waals surface area contributed by atoms with Crippen LogP contribution in [0.2, 0.25) is 0 Å². The van der Waals surface area contributed by atoms with Crippen molar-refractivity contribution >= 4 is 23.2 Å². The Balaban J connectivity index is 1.90. The van der Waals surface area contributed by atoms with E-state index in [-0.39, 0.29) is 24.0 Å². The van der Waals surface area contributed by atoms with Crippen molar-refractivity contribution in [3.05, 3.63) is 48.0 Å². The Labute approximate surface area is 190 Å². The Hall–Kier alpha value is -3.22. The Bertz CT molecular complexity index is 902. The van der Waals surface area contributed by atoms with Crippen LogP contribution in [0.25, 0.3) is 0 Å². The van der Waals surface area contributed by atoms with Crippen molar-refractivity contribution in [2.24, 2.45) is 5.92 Å². The first-order valence-electron chi connectivity index (χ1n) is 10.8. The highest BCUT2D eigenvalue weighted by Crippen LogP contribution is 2.28. The molecule has 0 saturated heterocycles. The average molecular weight is 442 g/mol. The monoisotopic (exact) mass is 441 g/mol. The molecule has 0 heterocycles. The van der Waals surface area contributed by atoms with Gasteiger partial charge in [0.05, 0.1) is 7.11 Å². The van der Waals surface area contributed by atoms with Gasteiger partial charge in [-0.25, -0.2) is 0 Å². The standard InChI is InChI=1S/C25H35N3O4/c1-17(2)13-23(29)27-20-10-8-19(9-11-20)26-15-18-7-12-21(22(14-18)31-6)32-16-24(30)28-25(3,4)5/h7-12,14,17,26H,13,15-16H2,1-6H3,(H,27,29)(H,28,30). The van der Waals surface area contributed by atoms with E-state index < -0.39 is 0 Å². The maximum Gasteiger partial charge on any atom is 0.258 e. The number of hydrogen-bond acceptors (Lipinski definition) is 5. The number of methoxy groups -OCH3 is 1. The molecule has 2 rings (SSSR count). The van der Waals surface area contributed by atoms with Crippen LogP contribution in [-0.4, -0.2) is 31.1 Å². The molecule has 2 aromatic carbocycles. The smallest absolute Gasteiger partial charge is 0.258 e. The summed E-state index contributed by atoms with van der Waals surface area (Å²) in [6, 6.07) is 13.2. The molecular formula is C25H35N3O4. The van der Waals surface area contributed by atoms with Crippen molar-refractivity contribution in [3.63, 3.8) is 0 Å². The number of hydrogen-bond donors (Lipinski definition) is 3. The third kappa shape index (κ3) is 8.88. The topological polar surface area (TPSA) is 88.7 Å². The van der Waals surface area contributed by atoms with Gasteiger partial charge in [0, 0.05) is 29.9 Å². The summed E-state index contributed by atoms with van der Waals surface area (Å²) in [7, 11) is 1.57. The zero-order valence-corrected chi connectivity index (χ0v) is 19.9. The molecule has 0 spiro atoms. The molecule has 7 nitrogen and oxygen atoms in total. The Kier molecular flexibility index (Phi) is 8.93. The number of ether oxygens (including phenoxy) is 2. The van der Waals surface area contributed by atoms with Gasteiger partial charge in [0.15, 0.2) is 18.1 Å². The van der Waals surface area contributed by atoms with Crippen LogP contribution >= 0.6 is 0 Å². The summed E-state index contributed by atoms with van der Waals surface area (Å²) in [5.74, 6) is 1.24. The first-order chi connectivity index (χ1) is 15.1. The minimum Gasteiger partial charge on any atom is -0.493 e. The van der Waals surface area contributed by atoms with Gasteiger partial charge in [0.1, 0.15) is 0 Å². The minimum atomic E-state index is -0.308. The molecule has 0 aliphatic carbocycles. The minimum absolute atomic E-state index is 0.0194. The predicted molar refractivity (Wildman–Crippen MR) is 128 cm³/mol. The van der Waals surface area contributed by atoms with E-state index in [1.54, 1.807) is 13.2 Å². The number of benzene rings is 2. The fourth-order valence-electron chi connectivity index (χ4n) is 3.00. The number of rotatable bonds is 10. The molecule has 0 bridgehead atoms. The normalized spacial score (nSPS) is 11.1. The molecule has 3 N–H and O–H groups in total. The van der Waals surface area contributed by atoms with Gasteiger partial charge in [0.2, 0.25) is 5.91 Å². The number of anilines is 2. The molecule has 2 aromatic rings. The van der Waals surface area contributed by atoms with Gasteiger partial charge >= 0.3 is 0 Å². The first-order valence-corrected chi connectivity index (χ1v) is 10.8. The van der Waals surface area contributed by atoms with Gasteiger partial charge in [-0.15, -0.1) is 0 Å². The van der Waals surface area contributed by atoms with Crippen LogP contribution in [0.5, 0.6) is 11.5 Å². The number of nitrogens with one attached hydrogen (secondary N) is 3. The summed E-state index contributed by atoms with van der Waals surface area (Å²) >= 11 is 0. The summed E-state index contributed by atoms with van der Waals surface area (Å²) in [5.41, 5.74) is 2.41. The number of amides is 2. The summed E-state index contributed by atoms with van der Waals surface area (Å²) < 4.78 is 11.1. The maximum atomic E-state index is 12.0. The lowest BCUT2D eigenvalue weighted by Gasteiger charge is -2.20. The second-order valence-electron chi connectivity index (χ2n) is 9.15. The molecule has 0 radical (unpaired) electrons. The van der Waals surface area contributed by atoms with E-state index in [9.17, 15) is 9.59 Å². The fourth-order valence-corrected chi connectivity index (χ4v) is 3.00. The van der Waals surface area contributed by atoms with Gasteiger partial charge in [-0.3, -0.25) is 9.59 Å². The van der Waals surface area contributed by atoms with Gasteiger partial charge in [-0.1, -0.05) is 19.9 Å². The summed E-state index contributed by atoms with van der Waals surface area (Å²) in [6.07, 6.45) is 0.503. The summed E-state index contributed by atoms with van der Waals surface area (Å²) in [5, 5.41) is 9.11. The van der Waals surface area contributed by atoms with Gasteiger partial charge < -0.3 is 25.4 Å². The molecule has 0 unspecified atom stereocenters. The van der Waals surface area contributed by atoms with Crippen molar-refractivity contribution in [1.82, 2.24) is 5.32 Å². The molecule has 0 atom stereocenters. The molecule has 32 heavy (non-hydrogen) atoms. The zero-order chi connectivity index (χ0) is 23.7. The molecule has 0 aromatic heterocycles. The van der Waals surface area contributed by atoms with E-state index in [0.717, 1.165) is 16.9 Å². The van der Waals surface area contributed by atoms with Crippen LogP contribution in [0.4, 0.5) is 11.4 Å². The lowest BCUT2D eigenvalue weighted by Crippen LogP contribution is -2.43. The molecular weight excluding hydrogens is 406 g/mol. The maximum absolute atomic E-state index is 12.0. The van der Waals surface area contributed by atoms with Crippen molar-refractivity contribution in [3.8, 4) is 11.5 Å². The van der Waals surface area contributed by atoms with Crippen molar-refractivity contribution < 1.29 is 19.1 Å². The third-order valence-electron chi connectivity index (χ3n) is 4.36. The third-order valence-corrected chi connectivity index (χ3v) is 4.36. The second-order valence-corrected chi connectivity index (χ2v) is 9.15. The zero-order valence-electron chi connectivity index (χ0n) is 19.9. The largest absolute Gasteiger partial charge is 0.493 e. The van der Waals surface area contributed by atoms with Crippen LogP contribution in [0.15, 0.2) is 42.5 Å². The van der Waals surface area contributed by atoms with Gasteiger partial charge in [-0.2, -0.15) is 0 Å². The van der Waals surface area contributed by atoms with Crippen LogP contribution in [-0.2, 0) is 16.1 Å². The Morgan fingerprint density at radius 3 is 2.19 bits per heavy atom. The Morgan fingerprint density at radius 2 is 1.59 bits per heavy atom. The highest BCUT2D eigenvalue weighted by molar-refractivity contribution is 5.91. The van der Waals surface area contributed by atoms with E-state index in [1.165, 1.54) is 0 Å². The number of carbonyl (C=O) groups excluding carboxylic acids is 2. The van der Waals surface area contributed by atoms with E-state index in [4.69, 9.17) is 9.47 Å². The van der Waals surface area contributed by atoms with Gasteiger partial charge in [0.25, 0.3) is 5.91 Å². The molecule has 0 fully saturated rings. The molecule has 174 valence electrons. The first kappa shape index (κ1) is 25.0. The van der Waals surface area contributed by atoms with E-state index in [2.05, 4.69) is 16.0 Å². The van der Waals surface area contributed by atoms with E-state index in [0.29, 0.717) is 30.4 Å². The highest BCUT2D eigenvalue weighted by Gasteiger charge is 2.15. The molecule has 0 saturated carbocycles.